The number of anilines is 1. The molecule has 0 spiro atoms. The Labute approximate surface area is 201 Å². The van der Waals surface area contributed by atoms with Crippen LogP contribution in [-0.2, 0) is 14.3 Å². The lowest BCUT2D eigenvalue weighted by molar-refractivity contribution is -0.135. The molecule has 3 amide bonds. The fraction of sp³-hybridized carbons (Fsp3) is 0.154. The number of benzene rings is 3. The van der Waals surface area contributed by atoms with E-state index in [0.717, 1.165) is 22.3 Å². The van der Waals surface area contributed by atoms with Gasteiger partial charge in [-0.05, 0) is 46.5 Å². The molecule has 0 saturated carbocycles. The summed E-state index contributed by atoms with van der Waals surface area (Å²) in [4.78, 5) is 46.7. The number of rotatable bonds is 8. The summed E-state index contributed by atoms with van der Waals surface area (Å²) in [7, 11) is 0. The van der Waals surface area contributed by atoms with E-state index >= 15 is 0 Å². The Morgan fingerprint density at radius 2 is 1.37 bits per heavy atom. The first-order valence-electron chi connectivity index (χ1n) is 10.9. The van der Waals surface area contributed by atoms with Gasteiger partial charge in [-0.3, -0.25) is 14.4 Å². The van der Waals surface area contributed by atoms with E-state index in [0.29, 0.717) is 5.69 Å². The number of carbonyl (C=O) groups excluding carboxylic acids is 3. The minimum Gasteiger partial charge on any atom is -0.480 e. The van der Waals surface area contributed by atoms with Crippen molar-refractivity contribution in [3.63, 3.8) is 0 Å². The number of carboxylic acid groups (broad SMARTS) is 1. The largest absolute Gasteiger partial charge is 0.480 e. The molecule has 9 nitrogen and oxygen atoms in total. The molecule has 1 aliphatic rings. The van der Waals surface area contributed by atoms with Crippen LogP contribution in [0.25, 0.3) is 11.1 Å². The highest BCUT2D eigenvalue weighted by Gasteiger charge is 2.29. The van der Waals surface area contributed by atoms with Gasteiger partial charge in [-0.15, -0.1) is 0 Å². The molecule has 4 rings (SSSR count). The zero-order valence-corrected chi connectivity index (χ0v) is 18.6. The highest BCUT2D eigenvalue weighted by molar-refractivity contribution is 5.97. The van der Waals surface area contributed by atoms with E-state index in [4.69, 9.17) is 9.84 Å². The first-order chi connectivity index (χ1) is 16.9. The summed E-state index contributed by atoms with van der Waals surface area (Å²) in [5.41, 5.74) is 5.11. The Balaban J connectivity index is 1.25. The van der Waals surface area contributed by atoms with Gasteiger partial charge < -0.3 is 25.8 Å². The predicted octanol–water partition coefficient (Wildman–Crippen LogP) is 2.98. The van der Waals surface area contributed by atoms with Gasteiger partial charge in [0.2, 0.25) is 5.91 Å². The Morgan fingerprint density at radius 1 is 0.771 bits per heavy atom. The molecule has 9 heteroatoms. The Kier molecular flexibility index (Phi) is 7.06. The van der Waals surface area contributed by atoms with Crippen molar-refractivity contribution in [3.05, 3.63) is 89.5 Å². The Hall–Kier alpha value is -4.66. The topological polar surface area (TPSA) is 134 Å². The van der Waals surface area contributed by atoms with Crippen LogP contribution in [0.5, 0.6) is 0 Å². The summed E-state index contributed by atoms with van der Waals surface area (Å²) in [6.45, 7) is -0.636. The number of carboxylic acids is 1. The van der Waals surface area contributed by atoms with Crippen molar-refractivity contribution in [2.75, 3.05) is 25.0 Å². The number of aliphatic carboxylic acids is 1. The van der Waals surface area contributed by atoms with Crippen molar-refractivity contribution >= 4 is 29.6 Å². The van der Waals surface area contributed by atoms with Crippen molar-refractivity contribution in [3.8, 4) is 11.1 Å². The first-order valence-corrected chi connectivity index (χ1v) is 10.9. The zero-order chi connectivity index (χ0) is 24.8. The number of carbonyl (C=O) groups is 4. The third kappa shape index (κ3) is 5.64. The van der Waals surface area contributed by atoms with Gasteiger partial charge >= 0.3 is 12.1 Å². The van der Waals surface area contributed by atoms with Gasteiger partial charge in [0.1, 0.15) is 19.7 Å². The second-order valence-electron chi connectivity index (χ2n) is 7.88. The number of hydrogen-bond donors (Lipinski definition) is 4. The van der Waals surface area contributed by atoms with E-state index in [1.54, 1.807) is 0 Å². The van der Waals surface area contributed by atoms with Crippen LogP contribution < -0.4 is 16.0 Å². The lowest BCUT2D eigenvalue weighted by Crippen LogP contribution is -2.34. The van der Waals surface area contributed by atoms with Crippen molar-refractivity contribution in [2.24, 2.45) is 0 Å². The zero-order valence-electron chi connectivity index (χ0n) is 18.6. The highest BCUT2D eigenvalue weighted by Crippen LogP contribution is 2.44. The molecule has 3 aromatic rings. The van der Waals surface area contributed by atoms with E-state index < -0.39 is 30.4 Å². The Morgan fingerprint density at radius 3 is 1.97 bits per heavy atom. The minimum absolute atomic E-state index is 0.0758. The Bertz CT molecular complexity index is 1230. The third-order valence-electron chi connectivity index (χ3n) is 5.57. The quantitative estimate of drug-likeness (QED) is 0.397. The van der Waals surface area contributed by atoms with E-state index in [9.17, 15) is 19.2 Å². The molecule has 0 heterocycles. The smallest absolute Gasteiger partial charge is 0.407 e. The van der Waals surface area contributed by atoms with E-state index in [2.05, 4.69) is 16.0 Å². The van der Waals surface area contributed by atoms with Crippen molar-refractivity contribution in [2.45, 2.75) is 5.92 Å². The van der Waals surface area contributed by atoms with Crippen LogP contribution >= 0.6 is 0 Å². The van der Waals surface area contributed by atoms with Gasteiger partial charge in [-0.2, -0.15) is 0 Å². The van der Waals surface area contributed by atoms with Crippen molar-refractivity contribution < 1.29 is 29.0 Å². The summed E-state index contributed by atoms with van der Waals surface area (Å²) in [6, 6.07) is 21.9. The summed E-state index contributed by atoms with van der Waals surface area (Å²) < 4.78 is 5.41. The lowest BCUT2D eigenvalue weighted by atomic mass is 9.98. The number of amides is 3. The fourth-order valence-electron chi connectivity index (χ4n) is 3.97. The maximum absolute atomic E-state index is 12.2. The molecule has 0 bridgehead atoms. The molecule has 0 radical (unpaired) electrons. The average Bonchev–Trinajstić information content (AvgIpc) is 3.19. The summed E-state index contributed by atoms with van der Waals surface area (Å²) in [5, 5.41) is 15.9. The number of hydrogen-bond acceptors (Lipinski definition) is 5. The standard InChI is InChI=1S/C26H23N3O6/c30-23(29-17-11-9-16(10-12-17)25(33)27-14-24(31)32)13-28-26(34)35-15-22-20-7-3-1-5-18(20)19-6-2-4-8-21(19)22/h1-12,22H,13-15H2,(H,27,33)(H,28,34)(H,29,30)(H,31,32). The molecule has 0 fully saturated rings. The molecule has 0 unspecified atom stereocenters. The van der Waals surface area contributed by atoms with Gasteiger partial charge in [0, 0.05) is 17.2 Å². The monoisotopic (exact) mass is 473 g/mol. The molecule has 4 N–H and O–H groups in total. The van der Waals surface area contributed by atoms with Crippen LogP contribution in [0.15, 0.2) is 72.8 Å². The molecular formula is C26H23N3O6. The molecule has 0 aliphatic heterocycles. The molecular weight excluding hydrogens is 450 g/mol. The highest BCUT2D eigenvalue weighted by atomic mass is 16.5. The second kappa shape index (κ2) is 10.5. The average molecular weight is 473 g/mol. The molecule has 178 valence electrons. The second-order valence-corrected chi connectivity index (χ2v) is 7.88. The van der Waals surface area contributed by atoms with Crippen LogP contribution in [0.3, 0.4) is 0 Å². The summed E-state index contributed by atoms with van der Waals surface area (Å²) in [6.07, 6.45) is -0.701. The van der Waals surface area contributed by atoms with Crippen LogP contribution in [0, 0.1) is 0 Å². The van der Waals surface area contributed by atoms with Crippen molar-refractivity contribution in [1.82, 2.24) is 10.6 Å². The maximum atomic E-state index is 12.2. The first kappa shape index (κ1) is 23.5. The number of alkyl carbamates (subject to hydrolysis) is 1. The maximum Gasteiger partial charge on any atom is 0.407 e. The van der Waals surface area contributed by atoms with E-state index in [-0.39, 0.29) is 24.6 Å². The van der Waals surface area contributed by atoms with Gasteiger partial charge in [-0.25, -0.2) is 4.79 Å². The third-order valence-corrected chi connectivity index (χ3v) is 5.57. The normalized spacial score (nSPS) is 11.7. The van der Waals surface area contributed by atoms with Crippen LogP contribution in [0.4, 0.5) is 10.5 Å². The van der Waals surface area contributed by atoms with Gasteiger partial charge in [0.05, 0.1) is 0 Å². The summed E-state index contributed by atoms with van der Waals surface area (Å²) >= 11 is 0. The molecule has 0 aromatic heterocycles. The van der Waals surface area contributed by atoms with E-state index in [1.807, 2.05) is 48.5 Å². The van der Waals surface area contributed by atoms with Crippen LogP contribution in [-0.4, -0.2) is 48.7 Å². The van der Waals surface area contributed by atoms with Gasteiger partial charge in [0.25, 0.3) is 5.91 Å². The number of ether oxygens (including phenoxy) is 1. The van der Waals surface area contributed by atoms with Crippen LogP contribution in [0.1, 0.15) is 27.4 Å². The number of fused-ring (bicyclic) bond motifs is 3. The number of nitrogens with one attached hydrogen (secondary N) is 3. The molecule has 3 aromatic carbocycles. The lowest BCUT2D eigenvalue weighted by Gasteiger charge is -2.14. The van der Waals surface area contributed by atoms with Crippen LogP contribution in [0.2, 0.25) is 0 Å². The molecule has 0 atom stereocenters. The predicted molar refractivity (Wildman–Crippen MR) is 128 cm³/mol. The molecule has 0 saturated heterocycles. The molecule has 1 aliphatic carbocycles. The van der Waals surface area contributed by atoms with Crippen molar-refractivity contribution in [1.29, 1.82) is 0 Å². The van der Waals surface area contributed by atoms with Gasteiger partial charge in [-0.1, -0.05) is 48.5 Å². The van der Waals surface area contributed by atoms with Gasteiger partial charge in [0.15, 0.2) is 0 Å². The molecule has 35 heavy (non-hydrogen) atoms. The van der Waals surface area contributed by atoms with E-state index in [1.165, 1.54) is 24.3 Å². The SMILES string of the molecule is O=C(O)CNC(=O)c1ccc(NC(=O)CNC(=O)OCC2c3ccccc3-c3ccccc32)cc1. The fourth-order valence-corrected chi connectivity index (χ4v) is 3.97. The minimum atomic E-state index is -1.15. The summed E-state index contributed by atoms with van der Waals surface area (Å²) in [5.74, 6) is -2.23.